The lowest BCUT2D eigenvalue weighted by atomic mass is 10.2. The monoisotopic (exact) mass is 403 g/mol. The first-order valence-electron chi connectivity index (χ1n) is 8.97. The van der Waals surface area contributed by atoms with Gasteiger partial charge in [0.05, 0.1) is 0 Å². The fourth-order valence-electron chi connectivity index (χ4n) is 2.41. The average molecular weight is 404 g/mol. The van der Waals surface area contributed by atoms with Crippen LogP contribution in [-0.2, 0) is 16.1 Å². The fraction of sp³-hybridized carbons (Fsp3) is 0.286. The van der Waals surface area contributed by atoms with E-state index in [1.807, 2.05) is 38.1 Å². The van der Waals surface area contributed by atoms with Crippen LogP contribution in [0.1, 0.15) is 25.0 Å². The van der Waals surface area contributed by atoms with Gasteiger partial charge in [-0.25, -0.2) is 0 Å². The Morgan fingerprint density at radius 3 is 2.46 bits per heavy atom. The van der Waals surface area contributed by atoms with Crippen molar-refractivity contribution >= 4 is 30.3 Å². The first-order chi connectivity index (χ1) is 13.1. The van der Waals surface area contributed by atoms with Gasteiger partial charge in [-0.2, -0.15) is 0 Å². The molecule has 1 N–H and O–H groups in total. The minimum absolute atomic E-state index is 0. The average Bonchev–Trinajstić information content (AvgIpc) is 2.71. The van der Waals surface area contributed by atoms with Gasteiger partial charge in [0.15, 0.2) is 6.61 Å². The van der Waals surface area contributed by atoms with Gasteiger partial charge in [-0.15, -0.1) is 12.4 Å². The summed E-state index contributed by atoms with van der Waals surface area (Å²) in [6.07, 6.45) is 6.62. The van der Waals surface area contributed by atoms with Crippen LogP contribution < -0.4 is 10.1 Å². The summed E-state index contributed by atoms with van der Waals surface area (Å²) in [5.74, 6) is 0.409. The Kier molecular flexibility index (Phi) is 10.4. The van der Waals surface area contributed by atoms with Crippen molar-refractivity contribution in [3.63, 3.8) is 0 Å². The molecule has 28 heavy (non-hydrogen) atoms. The van der Waals surface area contributed by atoms with Crippen LogP contribution in [-0.4, -0.2) is 41.4 Å². The number of carbonyl (C=O) groups excluding carboxylic acids is 2. The molecule has 7 heteroatoms. The minimum atomic E-state index is -0.177. The van der Waals surface area contributed by atoms with E-state index in [0.717, 1.165) is 11.1 Å². The molecular formula is C21H26ClN3O3. The summed E-state index contributed by atoms with van der Waals surface area (Å²) < 4.78 is 5.52. The smallest absolute Gasteiger partial charge is 0.260 e. The number of halogens is 1. The third-order valence-corrected chi connectivity index (χ3v) is 3.98. The number of ether oxygens (including phenoxy) is 1. The normalized spacial score (nSPS) is 10.2. The quantitative estimate of drug-likeness (QED) is 0.653. The van der Waals surface area contributed by atoms with Gasteiger partial charge in [0.2, 0.25) is 5.91 Å². The summed E-state index contributed by atoms with van der Waals surface area (Å²) in [6, 6.07) is 11.0. The SMILES string of the molecule is CCN(CC)C(=O)COc1ccc(/C=C/C(=O)NCc2cccnc2)cc1.Cl. The molecule has 2 rings (SSSR count). The van der Waals surface area contributed by atoms with Gasteiger partial charge in [0, 0.05) is 38.1 Å². The van der Waals surface area contributed by atoms with Crippen LogP contribution in [0.2, 0.25) is 0 Å². The van der Waals surface area contributed by atoms with Crippen LogP contribution in [0.15, 0.2) is 54.9 Å². The fourth-order valence-corrected chi connectivity index (χ4v) is 2.41. The zero-order valence-corrected chi connectivity index (χ0v) is 16.9. The molecule has 0 fully saturated rings. The molecule has 0 aliphatic carbocycles. The highest BCUT2D eigenvalue weighted by atomic mass is 35.5. The van der Waals surface area contributed by atoms with Gasteiger partial charge in [0.25, 0.3) is 5.91 Å². The first-order valence-corrected chi connectivity index (χ1v) is 8.97. The van der Waals surface area contributed by atoms with E-state index in [4.69, 9.17) is 4.74 Å². The summed E-state index contributed by atoms with van der Waals surface area (Å²) in [6.45, 7) is 5.68. The highest BCUT2D eigenvalue weighted by molar-refractivity contribution is 5.91. The van der Waals surface area contributed by atoms with Crippen LogP contribution in [0.5, 0.6) is 5.75 Å². The Bertz CT molecular complexity index is 760. The Hall–Kier alpha value is -2.86. The van der Waals surface area contributed by atoms with Crippen LogP contribution in [0.25, 0.3) is 6.08 Å². The number of aromatic nitrogens is 1. The molecule has 0 atom stereocenters. The molecule has 0 radical (unpaired) electrons. The lowest BCUT2D eigenvalue weighted by Crippen LogP contribution is -2.34. The molecule has 0 saturated carbocycles. The summed E-state index contributed by atoms with van der Waals surface area (Å²) in [7, 11) is 0. The van der Waals surface area contributed by atoms with Gasteiger partial charge in [-0.1, -0.05) is 18.2 Å². The number of carbonyl (C=O) groups is 2. The van der Waals surface area contributed by atoms with Crippen molar-refractivity contribution in [1.29, 1.82) is 0 Å². The lowest BCUT2D eigenvalue weighted by molar-refractivity contribution is -0.133. The van der Waals surface area contributed by atoms with E-state index in [9.17, 15) is 9.59 Å². The van der Waals surface area contributed by atoms with E-state index >= 15 is 0 Å². The number of nitrogens with zero attached hydrogens (tertiary/aromatic N) is 2. The van der Waals surface area contributed by atoms with Crippen molar-refractivity contribution in [1.82, 2.24) is 15.2 Å². The zero-order chi connectivity index (χ0) is 19.5. The number of pyridine rings is 1. The molecule has 0 spiro atoms. The van der Waals surface area contributed by atoms with Crippen molar-refractivity contribution in [3.05, 3.63) is 66.0 Å². The molecule has 0 aliphatic heterocycles. The van der Waals surface area contributed by atoms with Gasteiger partial charge in [0.1, 0.15) is 5.75 Å². The summed E-state index contributed by atoms with van der Waals surface area (Å²) in [5.41, 5.74) is 1.81. The van der Waals surface area contributed by atoms with E-state index in [-0.39, 0.29) is 30.8 Å². The third kappa shape index (κ3) is 7.80. The molecular weight excluding hydrogens is 378 g/mol. The Morgan fingerprint density at radius 1 is 1.14 bits per heavy atom. The predicted octanol–water partition coefficient (Wildman–Crippen LogP) is 3.08. The molecule has 0 saturated heterocycles. The first kappa shape index (κ1) is 23.2. The second-order valence-corrected chi connectivity index (χ2v) is 5.84. The second kappa shape index (κ2) is 12.5. The Morgan fingerprint density at radius 2 is 1.86 bits per heavy atom. The number of rotatable bonds is 9. The molecule has 2 aromatic rings. The number of likely N-dealkylation sites (N-methyl/N-ethyl adjacent to an activating group) is 1. The third-order valence-electron chi connectivity index (χ3n) is 3.98. The van der Waals surface area contributed by atoms with Crippen LogP contribution in [0.4, 0.5) is 0 Å². The molecule has 6 nitrogen and oxygen atoms in total. The lowest BCUT2D eigenvalue weighted by Gasteiger charge is -2.18. The Balaban J connectivity index is 0.00000392. The second-order valence-electron chi connectivity index (χ2n) is 5.84. The maximum absolute atomic E-state index is 11.9. The van der Waals surface area contributed by atoms with Crippen molar-refractivity contribution < 1.29 is 14.3 Å². The minimum Gasteiger partial charge on any atom is -0.484 e. The molecule has 2 amide bonds. The van der Waals surface area contributed by atoms with Crippen LogP contribution >= 0.6 is 12.4 Å². The number of benzene rings is 1. The van der Waals surface area contributed by atoms with E-state index in [1.54, 1.807) is 35.5 Å². The molecule has 0 unspecified atom stereocenters. The zero-order valence-electron chi connectivity index (χ0n) is 16.1. The summed E-state index contributed by atoms with van der Waals surface area (Å²) >= 11 is 0. The number of hydrogen-bond donors (Lipinski definition) is 1. The molecule has 1 heterocycles. The van der Waals surface area contributed by atoms with Gasteiger partial charge < -0.3 is 15.0 Å². The van der Waals surface area contributed by atoms with Gasteiger partial charge >= 0.3 is 0 Å². The van der Waals surface area contributed by atoms with Gasteiger partial charge in [-0.3, -0.25) is 14.6 Å². The predicted molar refractivity (Wildman–Crippen MR) is 112 cm³/mol. The van der Waals surface area contributed by atoms with E-state index in [2.05, 4.69) is 10.3 Å². The molecule has 1 aromatic carbocycles. The summed E-state index contributed by atoms with van der Waals surface area (Å²) in [4.78, 5) is 29.5. The molecule has 0 aliphatic rings. The largest absolute Gasteiger partial charge is 0.484 e. The molecule has 0 bridgehead atoms. The van der Waals surface area contributed by atoms with Crippen molar-refractivity contribution in [2.24, 2.45) is 0 Å². The number of hydrogen-bond acceptors (Lipinski definition) is 4. The van der Waals surface area contributed by atoms with E-state index in [0.29, 0.717) is 25.4 Å². The van der Waals surface area contributed by atoms with E-state index < -0.39 is 0 Å². The highest BCUT2D eigenvalue weighted by Crippen LogP contribution is 2.13. The standard InChI is InChI=1S/C21H25N3O3.ClH/c1-3-24(4-2)21(26)16-27-19-10-7-17(8-11-19)9-12-20(25)23-15-18-6-5-13-22-14-18;/h5-14H,3-4,15-16H2,1-2H3,(H,23,25);1H/b12-9+;. The maximum atomic E-state index is 11.9. The van der Waals surface area contributed by atoms with Gasteiger partial charge in [-0.05, 0) is 49.2 Å². The van der Waals surface area contributed by atoms with Crippen molar-refractivity contribution in [2.75, 3.05) is 19.7 Å². The van der Waals surface area contributed by atoms with Crippen molar-refractivity contribution in [3.8, 4) is 5.75 Å². The number of amides is 2. The van der Waals surface area contributed by atoms with Crippen molar-refractivity contribution in [2.45, 2.75) is 20.4 Å². The molecule has 150 valence electrons. The highest BCUT2D eigenvalue weighted by Gasteiger charge is 2.09. The molecule has 1 aromatic heterocycles. The van der Waals surface area contributed by atoms with Crippen LogP contribution in [0.3, 0.4) is 0 Å². The summed E-state index contributed by atoms with van der Waals surface area (Å²) in [5, 5.41) is 2.80. The maximum Gasteiger partial charge on any atom is 0.260 e. The topological polar surface area (TPSA) is 71.5 Å². The Labute approximate surface area is 172 Å². The van der Waals surface area contributed by atoms with Crippen LogP contribution in [0, 0.1) is 0 Å². The van der Waals surface area contributed by atoms with E-state index in [1.165, 1.54) is 6.08 Å². The number of nitrogens with one attached hydrogen (secondary N) is 1.